The highest BCUT2D eigenvalue weighted by atomic mass is 32.2. The molecular formula is C11H15F3N2O3S. The Hall–Kier alpha value is -1.48. The minimum Gasteiger partial charge on any atom is -0.489 e. The van der Waals surface area contributed by atoms with E-state index in [1.54, 1.807) is 13.8 Å². The number of nitrogens with two attached hydrogens (primary N) is 1. The van der Waals surface area contributed by atoms with Crippen molar-refractivity contribution in [3.8, 4) is 5.75 Å². The van der Waals surface area contributed by atoms with E-state index in [-0.39, 0.29) is 22.4 Å². The fourth-order valence-corrected chi connectivity index (χ4v) is 2.36. The van der Waals surface area contributed by atoms with Gasteiger partial charge in [-0.15, -0.1) is 0 Å². The molecule has 0 amide bonds. The molecule has 0 radical (unpaired) electrons. The quantitative estimate of drug-likeness (QED) is 0.814. The third kappa shape index (κ3) is 4.89. The summed E-state index contributed by atoms with van der Waals surface area (Å²) in [6, 6.07) is 3.49. The molecule has 1 rings (SSSR count). The molecule has 114 valence electrons. The summed E-state index contributed by atoms with van der Waals surface area (Å²) in [5, 5.41) is 0. The molecule has 0 bridgehead atoms. The molecule has 0 unspecified atom stereocenters. The molecular weight excluding hydrogens is 297 g/mol. The van der Waals surface area contributed by atoms with Crippen LogP contribution in [0.3, 0.4) is 0 Å². The highest BCUT2D eigenvalue weighted by molar-refractivity contribution is 7.89. The molecule has 0 aliphatic rings. The molecule has 9 heteroatoms. The number of hydrogen-bond donors (Lipinski definition) is 2. The summed E-state index contributed by atoms with van der Waals surface area (Å²) in [7, 11) is -4.27. The molecule has 0 atom stereocenters. The molecule has 0 aliphatic heterocycles. The van der Waals surface area contributed by atoms with Gasteiger partial charge in [-0.05, 0) is 32.0 Å². The zero-order valence-corrected chi connectivity index (χ0v) is 11.7. The number of anilines is 1. The standard InChI is InChI=1S/C11H15F3N2O3S/c1-7(2)19-10-4-3-8(5-9(10)15)20(17,18)16-6-11(12,13)14/h3-5,7,16H,6,15H2,1-2H3. The molecule has 0 aliphatic carbocycles. The summed E-state index contributed by atoms with van der Waals surface area (Å²) in [6.07, 6.45) is -4.79. The lowest BCUT2D eigenvalue weighted by atomic mass is 10.3. The summed E-state index contributed by atoms with van der Waals surface area (Å²) in [5.41, 5.74) is 5.64. The topological polar surface area (TPSA) is 81.4 Å². The lowest BCUT2D eigenvalue weighted by molar-refractivity contribution is -0.121. The molecule has 1 aromatic carbocycles. The van der Waals surface area contributed by atoms with E-state index in [0.29, 0.717) is 0 Å². The Balaban J connectivity index is 2.94. The fraction of sp³-hybridized carbons (Fsp3) is 0.455. The predicted octanol–water partition coefficient (Wildman–Crippen LogP) is 1.90. The predicted molar refractivity (Wildman–Crippen MR) is 67.9 cm³/mol. The SMILES string of the molecule is CC(C)Oc1ccc(S(=O)(=O)NCC(F)(F)F)cc1N. The van der Waals surface area contributed by atoms with E-state index in [1.807, 2.05) is 0 Å². The van der Waals surface area contributed by atoms with E-state index >= 15 is 0 Å². The minimum absolute atomic E-state index is 0.0357. The molecule has 0 heterocycles. The molecule has 0 aromatic heterocycles. The Kier molecular flexibility index (Phi) is 4.87. The zero-order valence-electron chi connectivity index (χ0n) is 10.9. The molecule has 3 N–H and O–H groups in total. The number of sulfonamides is 1. The first-order valence-electron chi connectivity index (χ1n) is 5.64. The minimum atomic E-state index is -4.63. The maximum atomic E-state index is 12.0. The second-order valence-electron chi connectivity index (χ2n) is 4.31. The van der Waals surface area contributed by atoms with Crippen molar-refractivity contribution in [3.05, 3.63) is 18.2 Å². The maximum absolute atomic E-state index is 12.0. The van der Waals surface area contributed by atoms with E-state index in [2.05, 4.69) is 0 Å². The number of nitrogens with one attached hydrogen (secondary N) is 1. The monoisotopic (exact) mass is 312 g/mol. The Labute approximate surface area is 115 Å². The summed E-state index contributed by atoms with van der Waals surface area (Å²) in [4.78, 5) is -0.352. The van der Waals surface area contributed by atoms with Crippen LogP contribution in [0.4, 0.5) is 18.9 Å². The highest BCUT2D eigenvalue weighted by Gasteiger charge is 2.30. The summed E-state index contributed by atoms with van der Waals surface area (Å²) < 4.78 is 66.1. The largest absolute Gasteiger partial charge is 0.489 e. The third-order valence-electron chi connectivity index (χ3n) is 2.12. The van der Waals surface area contributed by atoms with Crippen molar-refractivity contribution in [2.75, 3.05) is 12.3 Å². The highest BCUT2D eigenvalue weighted by Crippen LogP contribution is 2.26. The first-order valence-corrected chi connectivity index (χ1v) is 7.12. The van der Waals surface area contributed by atoms with Gasteiger partial charge in [0.1, 0.15) is 12.3 Å². The van der Waals surface area contributed by atoms with Crippen LogP contribution in [0.5, 0.6) is 5.75 Å². The first kappa shape index (κ1) is 16.6. The average molecular weight is 312 g/mol. The second-order valence-corrected chi connectivity index (χ2v) is 6.07. The number of nitrogen functional groups attached to an aromatic ring is 1. The van der Waals surface area contributed by atoms with Crippen molar-refractivity contribution in [2.24, 2.45) is 0 Å². The number of benzene rings is 1. The van der Waals surface area contributed by atoms with Gasteiger partial charge in [-0.3, -0.25) is 0 Å². The van der Waals surface area contributed by atoms with Crippen LogP contribution in [0.2, 0.25) is 0 Å². The van der Waals surface area contributed by atoms with Crippen LogP contribution >= 0.6 is 0 Å². The van der Waals surface area contributed by atoms with E-state index in [0.717, 1.165) is 12.1 Å². The van der Waals surface area contributed by atoms with Crippen LogP contribution in [0, 0.1) is 0 Å². The van der Waals surface area contributed by atoms with E-state index < -0.39 is 22.7 Å². The van der Waals surface area contributed by atoms with Gasteiger partial charge in [0.25, 0.3) is 0 Å². The smallest absolute Gasteiger partial charge is 0.402 e. The number of halogens is 3. The first-order chi connectivity index (χ1) is 9.01. The molecule has 0 fully saturated rings. The van der Waals surface area contributed by atoms with Gasteiger partial charge < -0.3 is 10.5 Å². The Morgan fingerprint density at radius 1 is 1.35 bits per heavy atom. The molecule has 0 saturated carbocycles. The van der Waals surface area contributed by atoms with E-state index in [1.165, 1.54) is 10.8 Å². The van der Waals surface area contributed by atoms with Crippen LogP contribution in [-0.4, -0.2) is 27.2 Å². The van der Waals surface area contributed by atoms with Crippen LogP contribution < -0.4 is 15.2 Å². The molecule has 0 spiro atoms. The third-order valence-corrected chi connectivity index (χ3v) is 3.52. The number of ether oxygens (including phenoxy) is 1. The van der Waals surface area contributed by atoms with Gasteiger partial charge in [0.15, 0.2) is 0 Å². The number of hydrogen-bond acceptors (Lipinski definition) is 4. The number of rotatable bonds is 5. The molecule has 20 heavy (non-hydrogen) atoms. The van der Waals surface area contributed by atoms with Gasteiger partial charge in [-0.2, -0.15) is 13.2 Å². The Morgan fingerprint density at radius 3 is 2.40 bits per heavy atom. The normalized spacial score (nSPS) is 12.7. The zero-order chi connectivity index (χ0) is 15.6. The Morgan fingerprint density at radius 2 is 1.95 bits per heavy atom. The summed E-state index contributed by atoms with van der Waals surface area (Å²) >= 11 is 0. The van der Waals surface area contributed by atoms with Crippen molar-refractivity contribution in [2.45, 2.75) is 31.0 Å². The van der Waals surface area contributed by atoms with Crippen LogP contribution in [0.25, 0.3) is 0 Å². The average Bonchev–Trinajstić information content (AvgIpc) is 2.28. The van der Waals surface area contributed by atoms with Crippen molar-refractivity contribution in [3.63, 3.8) is 0 Å². The lowest BCUT2D eigenvalue weighted by Gasteiger charge is -2.14. The van der Waals surface area contributed by atoms with Gasteiger partial charge in [0.05, 0.1) is 16.7 Å². The van der Waals surface area contributed by atoms with Crippen LogP contribution in [0.1, 0.15) is 13.8 Å². The van der Waals surface area contributed by atoms with Gasteiger partial charge in [0, 0.05) is 0 Å². The van der Waals surface area contributed by atoms with Gasteiger partial charge in [-0.1, -0.05) is 0 Å². The van der Waals surface area contributed by atoms with Crippen molar-refractivity contribution in [1.29, 1.82) is 0 Å². The van der Waals surface area contributed by atoms with Crippen molar-refractivity contribution >= 4 is 15.7 Å². The van der Waals surface area contributed by atoms with Crippen molar-refractivity contribution in [1.82, 2.24) is 4.72 Å². The maximum Gasteiger partial charge on any atom is 0.402 e. The van der Waals surface area contributed by atoms with Gasteiger partial charge in [0.2, 0.25) is 10.0 Å². The fourth-order valence-electron chi connectivity index (χ4n) is 1.32. The van der Waals surface area contributed by atoms with Gasteiger partial charge >= 0.3 is 6.18 Å². The number of alkyl halides is 3. The molecule has 0 saturated heterocycles. The van der Waals surface area contributed by atoms with E-state index in [4.69, 9.17) is 10.5 Å². The van der Waals surface area contributed by atoms with Crippen LogP contribution in [0.15, 0.2) is 23.1 Å². The summed E-state index contributed by atoms with van der Waals surface area (Å²) in [6.45, 7) is 1.88. The molecule has 5 nitrogen and oxygen atoms in total. The van der Waals surface area contributed by atoms with Gasteiger partial charge in [-0.25, -0.2) is 13.1 Å². The Bertz CT molecular complexity index is 571. The van der Waals surface area contributed by atoms with Crippen LogP contribution in [-0.2, 0) is 10.0 Å². The molecule has 1 aromatic rings. The lowest BCUT2D eigenvalue weighted by Crippen LogP contribution is -2.33. The van der Waals surface area contributed by atoms with Crippen molar-refractivity contribution < 1.29 is 26.3 Å². The second kappa shape index (κ2) is 5.88. The summed E-state index contributed by atoms with van der Waals surface area (Å²) in [5.74, 6) is 0.273. The van der Waals surface area contributed by atoms with E-state index in [9.17, 15) is 21.6 Å².